The van der Waals surface area contributed by atoms with E-state index < -0.39 is 11.7 Å². The van der Waals surface area contributed by atoms with Crippen molar-refractivity contribution in [1.82, 2.24) is 14.3 Å². The Bertz CT molecular complexity index is 1200. The van der Waals surface area contributed by atoms with Gasteiger partial charge in [-0.1, -0.05) is 18.2 Å². The van der Waals surface area contributed by atoms with Gasteiger partial charge in [0, 0.05) is 76.4 Å². The number of carbonyl (C=O) groups excluding carboxylic acids is 1. The van der Waals surface area contributed by atoms with Crippen LogP contribution in [0.4, 0.5) is 28.4 Å². The quantitative estimate of drug-likeness (QED) is 0.347. The van der Waals surface area contributed by atoms with E-state index in [0.717, 1.165) is 17.7 Å². The third kappa shape index (κ3) is 7.41. The molecule has 0 spiro atoms. The van der Waals surface area contributed by atoms with Gasteiger partial charge in [-0.3, -0.25) is 4.79 Å². The molecule has 38 heavy (non-hydrogen) atoms. The largest absolute Gasteiger partial charge is 0.416 e. The summed E-state index contributed by atoms with van der Waals surface area (Å²) >= 11 is 1.24. The van der Waals surface area contributed by atoms with Crippen LogP contribution in [-0.4, -0.2) is 73.1 Å². The molecule has 12 heteroatoms. The Balaban J connectivity index is 1.31. The summed E-state index contributed by atoms with van der Waals surface area (Å²) in [5.74, 6) is 0.302. The molecule has 0 unspecified atom stereocenters. The Morgan fingerprint density at radius 2 is 1.82 bits per heavy atom. The van der Waals surface area contributed by atoms with Gasteiger partial charge < -0.3 is 19.4 Å². The van der Waals surface area contributed by atoms with Gasteiger partial charge in [0.05, 0.1) is 12.2 Å². The van der Waals surface area contributed by atoms with Crippen LogP contribution in [0.25, 0.3) is 0 Å². The lowest BCUT2D eigenvalue weighted by Crippen LogP contribution is -2.49. The zero-order chi connectivity index (χ0) is 27.1. The molecular weight excluding hydrogens is 522 g/mol. The fourth-order valence-corrected chi connectivity index (χ4v) is 4.95. The average Bonchev–Trinajstić information content (AvgIpc) is 3.38. The molecule has 1 aliphatic rings. The Morgan fingerprint density at radius 3 is 2.50 bits per heavy atom. The van der Waals surface area contributed by atoms with Crippen molar-refractivity contribution >= 4 is 28.3 Å². The summed E-state index contributed by atoms with van der Waals surface area (Å²) in [5, 5.41) is 0.682. The number of hydrogen-bond acceptors (Lipinski definition) is 7. The number of ether oxygens (including phenoxy) is 1. The maximum Gasteiger partial charge on any atom is 0.416 e. The lowest BCUT2D eigenvalue weighted by atomic mass is 10.1. The molecule has 0 aliphatic carbocycles. The molecular formula is C26H29F4N5O2S. The molecule has 7 nitrogen and oxygen atoms in total. The van der Waals surface area contributed by atoms with Crippen molar-refractivity contribution in [3.63, 3.8) is 0 Å². The van der Waals surface area contributed by atoms with E-state index in [4.69, 9.17) is 4.74 Å². The maximum atomic E-state index is 13.2. The Hall–Kier alpha value is -3.25. The molecule has 4 rings (SSSR count). The van der Waals surface area contributed by atoms with Crippen molar-refractivity contribution in [2.24, 2.45) is 0 Å². The number of carbonyl (C=O) groups is 1. The summed E-state index contributed by atoms with van der Waals surface area (Å²) in [5.41, 5.74) is 0.728. The number of amides is 1. The Kier molecular flexibility index (Phi) is 9.16. The van der Waals surface area contributed by atoms with Crippen LogP contribution in [0.5, 0.6) is 0 Å². The Morgan fingerprint density at radius 1 is 1.08 bits per heavy atom. The van der Waals surface area contributed by atoms with Crippen molar-refractivity contribution < 1.29 is 27.1 Å². The van der Waals surface area contributed by atoms with Crippen molar-refractivity contribution in [3.8, 4) is 0 Å². The van der Waals surface area contributed by atoms with Crippen LogP contribution >= 0.6 is 11.5 Å². The molecule has 0 bridgehead atoms. The molecule has 1 aromatic heterocycles. The first-order valence-corrected chi connectivity index (χ1v) is 13.0. The SMILES string of the molecule is COCCN(CCC(=O)N1CCN(c2cccc(C(F)(F)F)c2)CC1)c1nc(Cc2ccc(F)cc2)ns1. The monoisotopic (exact) mass is 551 g/mol. The molecule has 1 aliphatic heterocycles. The Labute approximate surface area is 222 Å². The highest BCUT2D eigenvalue weighted by atomic mass is 32.1. The van der Waals surface area contributed by atoms with Gasteiger partial charge in [0.1, 0.15) is 11.6 Å². The summed E-state index contributed by atoms with van der Waals surface area (Å²) in [6, 6.07) is 11.5. The molecule has 3 aromatic rings. The second-order valence-electron chi connectivity index (χ2n) is 8.94. The van der Waals surface area contributed by atoms with E-state index in [0.29, 0.717) is 68.9 Å². The zero-order valence-electron chi connectivity index (χ0n) is 21.0. The van der Waals surface area contributed by atoms with E-state index in [9.17, 15) is 22.4 Å². The van der Waals surface area contributed by atoms with Crippen molar-refractivity contribution in [2.45, 2.75) is 19.0 Å². The minimum absolute atomic E-state index is 0.0211. The van der Waals surface area contributed by atoms with Gasteiger partial charge in [-0.15, -0.1) is 0 Å². The number of nitrogens with zero attached hydrogens (tertiary/aromatic N) is 5. The first-order chi connectivity index (χ1) is 18.2. The predicted molar refractivity (Wildman–Crippen MR) is 138 cm³/mol. The van der Waals surface area contributed by atoms with Crippen LogP contribution in [0.3, 0.4) is 0 Å². The zero-order valence-corrected chi connectivity index (χ0v) is 21.8. The van der Waals surface area contributed by atoms with Crippen LogP contribution in [0, 0.1) is 5.82 Å². The molecule has 1 saturated heterocycles. The summed E-state index contributed by atoms with van der Waals surface area (Å²) < 4.78 is 62.0. The number of benzene rings is 2. The van der Waals surface area contributed by atoms with E-state index in [1.165, 1.54) is 29.7 Å². The highest BCUT2D eigenvalue weighted by molar-refractivity contribution is 7.09. The average molecular weight is 552 g/mol. The van der Waals surface area contributed by atoms with Gasteiger partial charge in [0.15, 0.2) is 0 Å². The van der Waals surface area contributed by atoms with Crippen molar-refractivity contribution in [3.05, 3.63) is 71.3 Å². The molecule has 1 amide bonds. The minimum atomic E-state index is -4.39. The second-order valence-corrected chi connectivity index (χ2v) is 9.67. The summed E-state index contributed by atoms with van der Waals surface area (Å²) in [4.78, 5) is 23.1. The number of rotatable bonds is 10. The van der Waals surface area contributed by atoms with E-state index in [1.54, 1.807) is 30.2 Å². The maximum absolute atomic E-state index is 13.2. The number of methoxy groups -OCH3 is 1. The van der Waals surface area contributed by atoms with Gasteiger partial charge in [-0.25, -0.2) is 9.37 Å². The van der Waals surface area contributed by atoms with Gasteiger partial charge in [0.2, 0.25) is 11.0 Å². The van der Waals surface area contributed by atoms with Crippen LogP contribution in [0.1, 0.15) is 23.4 Å². The molecule has 0 saturated carbocycles. The smallest absolute Gasteiger partial charge is 0.383 e. The predicted octanol–water partition coefficient (Wildman–Crippen LogP) is 4.48. The first-order valence-electron chi connectivity index (χ1n) is 12.2. The van der Waals surface area contributed by atoms with Gasteiger partial charge in [-0.05, 0) is 35.9 Å². The standard InChI is InChI=1S/C26H29F4N5O2S/c1-37-16-15-35(25-31-23(32-38-25)17-19-5-7-21(27)8-6-19)10-9-24(36)34-13-11-33(12-14-34)22-4-2-3-20(18-22)26(28,29)30/h2-8,18H,9-17H2,1H3. The third-order valence-electron chi connectivity index (χ3n) is 6.34. The first kappa shape index (κ1) is 27.8. The summed E-state index contributed by atoms with van der Waals surface area (Å²) in [6.07, 6.45) is -3.65. The number of hydrogen-bond donors (Lipinski definition) is 0. The topological polar surface area (TPSA) is 61.8 Å². The van der Waals surface area contributed by atoms with Gasteiger partial charge in [-0.2, -0.15) is 17.5 Å². The lowest BCUT2D eigenvalue weighted by molar-refractivity contribution is -0.137. The normalized spacial score (nSPS) is 14.1. The van der Waals surface area contributed by atoms with Gasteiger partial charge >= 0.3 is 6.18 Å². The molecule has 204 valence electrons. The number of alkyl halides is 3. The molecule has 2 aromatic carbocycles. The number of anilines is 2. The molecule has 0 atom stereocenters. The van der Waals surface area contributed by atoms with Crippen molar-refractivity contribution in [1.29, 1.82) is 0 Å². The van der Waals surface area contributed by atoms with Crippen LogP contribution < -0.4 is 9.80 Å². The molecule has 0 N–H and O–H groups in total. The molecule has 1 fully saturated rings. The number of piperazine rings is 1. The minimum Gasteiger partial charge on any atom is -0.383 e. The van der Waals surface area contributed by atoms with E-state index in [-0.39, 0.29) is 18.1 Å². The highest BCUT2D eigenvalue weighted by Crippen LogP contribution is 2.32. The molecule has 0 radical (unpaired) electrons. The van der Waals surface area contributed by atoms with Gasteiger partial charge in [0.25, 0.3) is 0 Å². The molecule has 2 heterocycles. The number of halogens is 4. The fourth-order valence-electron chi connectivity index (χ4n) is 4.22. The van der Waals surface area contributed by atoms with E-state index in [2.05, 4.69) is 9.36 Å². The fraction of sp³-hybridized carbons (Fsp3) is 0.423. The second kappa shape index (κ2) is 12.5. The third-order valence-corrected chi connectivity index (χ3v) is 7.15. The van der Waals surface area contributed by atoms with E-state index >= 15 is 0 Å². The number of aromatic nitrogens is 2. The highest BCUT2D eigenvalue weighted by Gasteiger charge is 2.31. The lowest BCUT2D eigenvalue weighted by Gasteiger charge is -2.36. The summed E-state index contributed by atoms with van der Waals surface area (Å²) in [7, 11) is 1.60. The summed E-state index contributed by atoms with van der Waals surface area (Å²) in [6.45, 7) is 3.23. The van der Waals surface area contributed by atoms with Crippen LogP contribution in [0.15, 0.2) is 48.5 Å². The van der Waals surface area contributed by atoms with E-state index in [1.807, 2.05) is 9.80 Å². The van der Waals surface area contributed by atoms with Crippen molar-refractivity contribution in [2.75, 3.05) is 62.8 Å². The van der Waals surface area contributed by atoms with Crippen LogP contribution in [0.2, 0.25) is 0 Å². The van der Waals surface area contributed by atoms with Crippen LogP contribution in [-0.2, 0) is 22.1 Å².